The average molecular weight is 341 g/mol. The molecule has 0 radical (unpaired) electrons. The number of fused-ring (bicyclic) bond motifs is 1. The summed E-state index contributed by atoms with van der Waals surface area (Å²) in [6, 6.07) is 10.2. The topological polar surface area (TPSA) is 75.9 Å². The van der Waals surface area contributed by atoms with Gasteiger partial charge in [-0.25, -0.2) is 15.0 Å². The number of aromatic nitrogens is 4. The summed E-state index contributed by atoms with van der Waals surface area (Å²) in [5.41, 5.74) is 2.80. The molecule has 0 saturated heterocycles. The molecule has 0 atom stereocenters. The van der Waals surface area contributed by atoms with E-state index in [4.69, 9.17) is 5.11 Å². The van der Waals surface area contributed by atoms with Gasteiger partial charge in [0.05, 0.1) is 40.1 Å². The Bertz CT molecular complexity index is 815. The van der Waals surface area contributed by atoms with Crippen LogP contribution in [0, 0.1) is 0 Å². The van der Waals surface area contributed by atoms with Crippen molar-refractivity contribution in [3.05, 3.63) is 48.5 Å². The van der Waals surface area contributed by atoms with Gasteiger partial charge in [0.15, 0.2) is 11.5 Å². The third-order valence-corrected chi connectivity index (χ3v) is 4.36. The predicted octanol–water partition coefficient (Wildman–Crippen LogP) is 1.51. The maximum atomic E-state index is 9.16. The van der Waals surface area contributed by atoms with Gasteiger partial charge in [0.2, 0.25) is 0 Å². The van der Waals surface area contributed by atoms with Crippen molar-refractivity contribution in [2.45, 2.75) is 13.1 Å². The summed E-state index contributed by atoms with van der Waals surface area (Å²) in [5.74, 6) is 0.747. The Balaban J connectivity index is 1.73. The lowest BCUT2D eigenvalue weighted by molar-refractivity contribution is -0.891. The molecule has 132 valence electrons. The van der Waals surface area contributed by atoms with Gasteiger partial charge in [-0.2, -0.15) is 0 Å². The molecular formula is C18H25N6O+. The van der Waals surface area contributed by atoms with Crippen molar-refractivity contribution < 1.29 is 9.59 Å². The van der Waals surface area contributed by atoms with Gasteiger partial charge in [0.25, 0.3) is 0 Å². The van der Waals surface area contributed by atoms with E-state index in [0.717, 1.165) is 41.1 Å². The molecule has 0 unspecified atom stereocenters. The molecule has 3 rings (SSSR count). The molecule has 0 aliphatic rings. The van der Waals surface area contributed by atoms with E-state index in [0.29, 0.717) is 6.54 Å². The van der Waals surface area contributed by atoms with Gasteiger partial charge in [-0.05, 0) is 5.56 Å². The Morgan fingerprint density at radius 3 is 2.64 bits per heavy atom. The number of likely N-dealkylation sites (N-methyl/N-ethyl adjacent to an activating group) is 1. The summed E-state index contributed by atoms with van der Waals surface area (Å²) < 4.78 is 2.79. The minimum atomic E-state index is 0.188. The van der Waals surface area contributed by atoms with Crippen molar-refractivity contribution in [3.8, 4) is 0 Å². The van der Waals surface area contributed by atoms with Crippen molar-refractivity contribution in [2.24, 2.45) is 0 Å². The van der Waals surface area contributed by atoms with Crippen molar-refractivity contribution in [1.82, 2.24) is 19.5 Å². The van der Waals surface area contributed by atoms with Gasteiger partial charge < -0.3 is 19.5 Å². The number of aliphatic hydroxyl groups excluding tert-OH is 1. The second kappa shape index (κ2) is 7.58. The number of nitrogens with one attached hydrogen (secondary N) is 1. The molecule has 2 heterocycles. The summed E-state index contributed by atoms with van der Waals surface area (Å²) in [5, 5.41) is 12.5. The maximum absolute atomic E-state index is 9.16. The van der Waals surface area contributed by atoms with Crippen LogP contribution in [-0.4, -0.2) is 62.9 Å². The minimum absolute atomic E-state index is 0.188. The first-order chi connectivity index (χ1) is 12.1. The van der Waals surface area contributed by atoms with Crippen LogP contribution >= 0.6 is 0 Å². The fourth-order valence-electron chi connectivity index (χ4n) is 2.72. The Hall–Kier alpha value is -2.51. The SMILES string of the molecule is C[N+](C)(CCO)CCn1cnc2c(NCc3ccccc3)ncnc21. The van der Waals surface area contributed by atoms with Crippen molar-refractivity contribution in [1.29, 1.82) is 0 Å². The molecule has 2 aromatic heterocycles. The molecule has 0 spiro atoms. The average Bonchev–Trinajstić information content (AvgIpc) is 3.03. The van der Waals surface area contributed by atoms with Crippen LogP contribution in [0.4, 0.5) is 5.82 Å². The van der Waals surface area contributed by atoms with Gasteiger partial charge in [0.1, 0.15) is 18.4 Å². The van der Waals surface area contributed by atoms with Gasteiger partial charge in [0, 0.05) is 6.54 Å². The molecular weight excluding hydrogens is 316 g/mol. The monoisotopic (exact) mass is 341 g/mol. The first-order valence-corrected chi connectivity index (χ1v) is 8.45. The van der Waals surface area contributed by atoms with Crippen molar-refractivity contribution in [3.63, 3.8) is 0 Å². The quantitative estimate of drug-likeness (QED) is 0.608. The van der Waals surface area contributed by atoms with Crippen LogP contribution in [0.1, 0.15) is 5.56 Å². The number of hydrogen-bond donors (Lipinski definition) is 2. The van der Waals surface area contributed by atoms with Gasteiger partial charge in [-0.1, -0.05) is 30.3 Å². The van der Waals surface area contributed by atoms with E-state index in [1.807, 2.05) is 29.1 Å². The summed E-state index contributed by atoms with van der Waals surface area (Å²) >= 11 is 0. The number of benzene rings is 1. The Kier molecular flexibility index (Phi) is 5.25. The number of quaternary nitrogens is 1. The molecule has 0 saturated carbocycles. The fourth-order valence-corrected chi connectivity index (χ4v) is 2.72. The normalized spacial score (nSPS) is 11.8. The summed E-state index contributed by atoms with van der Waals surface area (Å²) in [7, 11) is 4.22. The summed E-state index contributed by atoms with van der Waals surface area (Å²) in [6.45, 7) is 3.29. The van der Waals surface area contributed by atoms with Crippen LogP contribution in [0.25, 0.3) is 11.2 Å². The van der Waals surface area contributed by atoms with Gasteiger partial charge >= 0.3 is 0 Å². The zero-order valence-corrected chi connectivity index (χ0v) is 14.8. The highest BCUT2D eigenvalue weighted by molar-refractivity contribution is 5.82. The van der Waals surface area contributed by atoms with E-state index < -0.39 is 0 Å². The Morgan fingerprint density at radius 1 is 1.08 bits per heavy atom. The van der Waals surface area contributed by atoms with Crippen LogP contribution in [0.2, 0.25) is 0 Å². The van der Waals surface area contributed by atoms with Crippen LogP contribution < -0.4 is 5.32 Å². The molecule has 2 N–H and O–H groups in total. The zero-order valence-electron chi connectivity index (χ0n) is 14.8. The number of nitrogens with zero attached hydrogens (tertiary/aromatic N) is 5. The Morgan fingerprint density at radius 2 is 1.88 bits per heavy atom. The molecule has 0 aliphatic heterocycles. The first-order valence-electron chi connectivity index (χ1n) is 8.45. The second-order valence-electron chi connectivity index (χ2n) is 6.78. The molecule has 25 heavy (non-hydrogen) atoms. The molecule has 1 aromatic carbocycles. The molecule has 0 bridgehead atoms. The predicted molar refractivity (Wildman–Crippen MR) is 98.0 cm³/mol. The number of imidazole rings is 1. The van der Waals surface area contributed by atoms with E-state index in [1.165, 1.54) is 5.56 Å². The highest BCUT2D eigenvalue weighted by Gasteiger charge is 2.16. The molecule has 7 heteroatoms. The molecule has 0 fully saturated rings. The summed E-state index contributed by atoms with van der Waals surface area (Å²) in [6.07, 6.45) is 3.38. The number of aliphatic hydroxyl groups is 1. The number of hydrogen-bond acceptors (Lipinski definition) is 5. The largest absolute Gasteiger partial charge is 0.391 e. The van der Waals surface area contributed by atoms with E-state index in [2.05, 4.69) is 46.5 Å². The van der Waals surface area contributed by atoms with Crippen molar-refractivity contribution >= 4 is 17.0 Å². The second-order valence-corrected chi connectivity index (χ2v) is 6.78. The highest BCUT2D eigenvalue weighted by atomic mass is 16.3. The number of anilines is 1. The lowest BCUT2D eigenvalue weighted by Gasteiger charge is -2.28. The van der Waals surface area contributed by atoms with Gasteiger partial charge in [-0.15, -0.1) is 0 Å². The van der Waals surface area contributed by atoms with E-state index in [9.17, 15) is 0 Å². The third kappa shape index (κ3) is 4.32. The first kappa shape index (κ1) is 17.3. The third-order valence-electron chi connectivity index (χ3n) is 4.36. The summed E-state index contributed by atoms with van der Waals surface area (Å²) in [4.78, 5) is 13.2. The molecule has 0 aliphatic carbocycles. The smallest absolute Gasteiger partial charge is 0.165 e. The van der Waals surface area contributed by atoms with Crippen LogP contribution in [-0.2, 0) is 13.1 Å². The molecule has 0 amide bonds. The molecule has 7 nitrogen and oxygen atoms in total. The lowest BCUT2D eigenvalue weighted by atomic mass is 10.2. The van der Waals surface area contributed by atoms with E-state index >= 15 is 0 Å². The molecule has 3 aromatic rings. The fraction of sp³-hybridized carbons (Fsp3) is 0.389. The van der Waals surface area contributed by atoms with E-state index in [-0.39, 0.29) is 6.61 Å². The van der Waals surface area contributed by atoms with Crippen LogP contribution in [0.15, 0.2) is 43.0 Å². The Labute approximate surface area is 147 Å². The van der Waals surface area contributed by atoms with Gasteiger partial charge in [-0.3, -0.25) is 0 Å². The number of rotatable bonds is 8. The van der Waals surface area contributed by atoms with Crippen LogP contribution in [0.3, 0.4) is 0 Å². The lowest BCUT2D eigenvalue weighted by Crippen LogP contribution is -2.44. The van der Waals surface area contributed by atoms with Crippen molar-refractivity contribution in [2.75, 3.05) is 39.1 Å². The van der Waals surface area contributed by atoms with E-state index in [1.54, 1.807) is 6.33 Å². The standard InChI is InChI=1S/C18H25N6O/c1-24(2,10-11-25)9-8-23-14-22-16-17(20-13-21-18(16)23)19-12-15-6-4-3-5-7-15/h3-7,13-14,25H,8-12H2,1-2H3,(H,19,20,21)/q+1. The minimum Gasteiger partial charge on any atom is -0.391 e. The highest BCUT2D eigenvalue weighted by Crippen LogP contribution is 2.18. The van der Waals surface area contributed by atoms with Crippen LogP contribution in [0.5, 0.6) is 0 Å². The maximum Gasteiger partial charge on any atom is 0.165 e. The zero-order chi connectivity index (χ0) is 17.7.